The molecule has 0 saturated carbocycles. The van der Waals surface area contributed by atoms with Gasteiger partial charge in [-0.25, -0.2) is 4.98 Å². The summed E-state index contributed by atoms with van der Waals surface area (Å²) in [6, 6.07) is 7.64. The van der Waals surface area contributed by atoms with Crippen LogP contribution >= 0.6 is 0 Å². The first kappa shape index (κ1) is 15.0. The number of amides is 1. The summed E-state index contributed by atoms with van der Waals surface area (Å²) < 4.78 is 0. The number of aromatic nitrogens is 2. The Hall–Kier alpha value is -2.37. The monoisotopic (exact) mass is 287 g/mol. The number of nitrogen functional groups attached to an aromatic ring is 1. The molecule has 1 heterocycles. The van der Waals surface area contributed by atoms with Crippen LogP contribution in [0.5, 0.6) is 0 Å². The maximum atomic E-state index is 12.2. The lowest BCUT2D eigenvalue weighted by Gasteiger charge is -2.24. The minimum absolute atomic E-state index is 0.0729. The molecular formula is C15H21N5O. The molecule has 0 atom stereocenters. The molecule has 112 valence electrons. The van der Waals surface area contributed by atoms with Crippen molar-refractivity contribution < 1.29 is 4.79 Å². The topological polar surface area (TPSA) is 75.4 Å². The average molecular weight is 287 g/mol. The van der Waals surface area contributed by atoms with Crippen LogP contribution in [0.25, 0.3) is 10.9 Å². The molecule has 0 fully saturated rings. The summed E-state index contributed by atoms with van der Waals surface area (Å²) in [5, 5.41) is 0.890. The van der Waals surface area contributed by atoms with E-state index in [2.05, 4.69) is 9.97 Å². The predicted octanol–water partition coefficient (Wildman–Crippen LogP) is 1.52. The molecule has 6 heteroatoms. The van der Waals surface area contributed by atoms with Crippen LogP contribution in [0.2, 0.25) is 0 Å². The maximum absolute atomic E-state index is 12.2. The highest BCUT2D eigenvalue weighted by Gasteiger charge is 2.16. The summed E-state index contributed by atoms with van der Waals surface area (Å²) >= 11 is 0. The third kappa shape index (κ3) is 3.21. The van der Waals surface area contributed by atoms with Crippen molar-refractivity contribution in [1.82, 2.24) is 14.9 Å². The van der Waals surface area contributed by atoms with Gasteiger partial charge in [0.15, 0.2) is 0 Å². The van der Waals surface area contributed by atoms with Crippen molar-refractivity contribution in [2.24, 2.45) is 0 Å². The van der Waals surface area contributed by atoms with Crippen LogP contribution in [0.3, 0.4) is 0 Å². The first-order chi connectivity index (χ1) is 10.1. The quantitative estimate of drug-likeness (QED) is 0.902. The number of para-hydroxylation sites is 1. The van der Waals surface area contributed by atoms with Gasteiger partial charge in [-0.3, -0.25) is 4.79 Å². The van der Waals surface area contributed by atoms with Crippen molar-refractivity contribution in [3.63, 3.8) is 0 Å². The van der Waals surface area contributed by atoms with E-state index in [4.69, 9.17) is 5.73 Å². The molecule has 0 aliphatic rings. The zero-order valence-electron chi connectivity index (χ0n) is 12.7. The molecule has 1 aromatic heterocycles. The van der Waals surface area contributed by atoms with Gasteiger partial charge >= 0.3 is 0 Å². The Morgan fingerprint density at radius 3 is 2.52 bits per heavy atom. The van der Waals surface area contributed by atoms with E-state index in [9.17, 15) is 4.79 Å². The summed E-state index contributed by atoms with van der Waals surface area (Å²) in [4.78, 5) is 24.3. The Morgan fingerprint density at radius 1 is 1.19 bits per heavy atom. The lowest BCUT2D eigenvalue weighted by Crippen LogP contribution is -2.39. The van der Waals surface area contributed by atoms with Crippen molar-refractivity contribution in [2.75, 3.05) is 37.3 Å². The van der Waals surface area contributed by atoms with Crippen molar-refractivity contribution in [2.45, 2.75) is 13.8 Å². The lowest BCUT2D eigenvalue weighted by molar-refractivity contribution is -0.129. The molecule has 0 spiro atoms. The third-order valence-electron chi connectivity index (χ3n) is 3.45. The second-order valence-electron chi connectivity index (χ2n) is 4.84. The van der Waals surface area contributed by atoms with E-state index in [0.717, 1.165) is 10.9 Å². The van der Waals surface area contributed by atoms with Crippen molar-refractivity contribution in [1.29, 1.82) is 0 Å². The first-order valence-electron chi connectivity index (χ1n) is 7.08. The number of hydrogen-bond acceptors (Lipinski definition) is 5. The Balaban J connectivity index is 2.31. The number of anilines is 2. The number of nitrogens with zero attached hydrogens (tertiary/aromatic N) is 4. The number of carbonyl (C=O) groups is 1. The fourth-order valence-electron chi connectivity index (χ4n) is 2.32. The smallest absolute Gasteiger partial charge is 0.242 e. The molecule has 0 radical (unpaired) electrons. The van der Waals surface area contributed by atoms with Gasteiger partial charge in [0.25, 0.3) is 0 Å². The van der Waals surface area contributed by atoms with Gasteiger partial charge in [0.1, 0.15) is 5.82 Å². The number of benzene rings is 1. The van der Waals surface area contributed by atoms with Crippen LogP contribution in [0.1, 0.15) is 13.8 Å². The molecule has 2 aromatic rings. The maximum Gasteiger partial charge on any atom is 0.242 e. The van der Waals surface area contributed by atoms with Crippen LogP contribution in [-0.4, -0.2) is 47.5 Å². The van der Waals surface area contributed by atoms with Gasteiger partial charge in [0.2, 0.25) is 11.9 Å². The minimum atomic E-state index is 0.0729. The number of rotatable bonds is 5. The number of hydrogen-bond donors (Lipinski definition) is 1. The Bertz CT molecular complexity index is 639. The second-order valence-corrected chi connectivity index (χ2v) is 4.84. The SMILES string of the molecule is CCN(CC)C(=O)CN(C)c1nc(N)nc2ccccc12. The van der Waals surface area contributed by atoms with Crippen molar-refractivity contribution >= 4 is 28.6 Å². The Morgan fingerprint density at radius 2 is 1.86 bits per heavy atom. The highest BCUT2D eigenvalue weighted by molar-refractivity contribution is 5.92. The second kappa shape index (κ2) is 6.39. The van der Waals surface area contributed by atoms with Gasteiger partial charge in [-0.2, -0.15) is 4.98 Å². The predicted molar refractivity (Wildman–Crippen MR) is 85.1 cm³/mol. The molecule has 0 unspecified atom stereocenters. The average Bonchev–Trinajstić information content (AvgIpc) is 2.47. The largest absolute Gasteiger partial charge is 0.368 e. The summed E-state index contributed by atoms with van der Waals surface area (Å²) in [5.74, 6) is 0.966. The first-order valence-corrected chi connectivity index (χ1v) is 7.08. The summed E-state index contributed by atoms with van der Waals surface area (Å²) in [6.45, 7) is 5.62. The molecule has 0 aliphatic carbocycles. The van der Waals surface area contributed by atoms with Crippen molar-refractivity contribution in [3.05, 3.63) is 24.3 Å². The molecule has 0 aliphatic heterocycles. The zero-order valence-corrected chi connectivity index (χ0v) is 12.7. The molecule has 1 aromatic carbocycles. The van der Waals surface area contributed by atoms with E-state index in [0.29, 0.717) is 18.9 Å². The molecule has 1 amide bonds. The van der Waals surface area contributed by atoms with Crippen LogP contribution in [-0.2, 0) is 4.79 Å². The van der Waals surface area contributed by atoms with E-state index < -0.39 is 0 Å². The molecule has 2 rings (SSSR count). The standard InChI is InChI=1S/C15H21N5O/c1-4-20(5-2)13(21)10-19(3)14-11-8-6-7-9-12(11)17-15(16)18-14/h6-9H,4-5,10H2,1-3H3,(H2,16,17,18). The van der Waals surface area contributed by atoms with E-state index >= 15 is 0 Å². The van der Waals surface area contributed by atoms with Crippen molar-refractivity contribution in [3.8, 4) is 0 Å². The van der Waals surface area contributed by atoms with Gasteiger partial charge in [-0.1, -0.05) is 12.1 Å². The zero-order chi connectivity index (χ0) is 15.4. The normalized spacial score (nSPS) is 10.6. The highest BCUT2D eigenvalue weighted by atomic mass is 16.2. The van der Waals surface area contributed by atoms with Gasteiger partial charge < -0.3 is 15.5 Å². The van der Waals surface area contributed by atoms with E-state index in [1.165, 1.54) is 0 Å². The highest BCUT2D eigenvalue weighted by Crippen LogP contribution is 2.23. The Kier molecular flexibility index (Phi) is 4.57. The fourth-order valence-corrected chi connectivity index (χ4v) is 2.32. The molecular weight excluding hydrogens is 266 g/mol. The molecule has 0 bridgehead atoms. The van der Waals surface area contributed by atoms with E-state index in [-0.39, 0.29) is 18.4 Å². The third-order valence-corrected chi connectivity index (χ3v) is 3.45. The number of likely N-dealkylation sites (N-methyl/N-ethyl adjacent to an activating group) is 2. The van der Waals surface area contributed by atoms with Crippen LogP contribution < -0.4 is 10.6 Å². The molecule has 0 saturated heterocycles. The molecule has 6 nitrogen and oxygen atoms in total. The molecule has 21 heavy (non-hydrogen) atoms. The summed E-state index contributed by atoms with van der Waals surface area (Å²) in [6.07, 6.45) is 0. The molecule has 2 N–H and O–H groups in total. The van der Waals surface area contributed by atoms with Crippen LogP contribution in [0, 0.1) is 0 Å². The summed E-state index contributed by atoms with van der Waals surface area (Å²) in [7, 11) is 1.84. The Labute approximate surface area is 124 Å². The number of fused-ring (bicyclic) bond motifs is 1. The van der Waals surface area contributed by atoms with E-state index in [1.807, 2.05) is 50.1 Å². The van der Waals surface area contributed by atoms with E-state index in [1.54, 1.807) is 4.90 Å². The fraction of sp³-hybridized carbons (Fsp3) is 0.400. The van der Waals surface area contributed by atoms with Crippen LogP contribution in [0.4, 0.5) is 11.8 Å². The number of nitrogens with two attached hydrogens (primary N) is 1. The minimum Gasteiger partial charge on any atom is -0.368 e. The lowest BCUT2D eigenvalue weighted by atomic mass is 10.2. The van der Waals surface area contributed by atoms with Crippen LogP contribution in [0.15, 0.2) is 24.3 Å². The van der Waals surface area contributed by atoms with Gasteiger partial charge in [0, 0.05) is 25.5 Å². The van der Waals surface area contributed by atoms with Gasteiger partial charge in [-0.15, -0.1) is 0 Å². The van der Waals surface area contributed by atoms with Gasteiger partial charge in [0.05, 0.1) is 12.1 Å². The summed E-state index contributed by atoms with van der Waals surface area (Å²) in [5.41, 5.74) is 6.54. The number of carbonyl (C=O) groups excluding carboxylic acids is 1. The van der Waals surface area contributed by atoms with Gasteiger partial charge in [-0.05, 0) is 26.0 Å².